The number of benzene rings is 2. The van der Waals surface area contributed by atoms with Gasteiger partial charge in [0.2, 0.25) is 0 Å². The number of para-hydroxylation sites is 1. The minimum atomic E-state index is -0.307. The van der Waals surface area contributed by atoms with Crippen LogP contribution >= 0.6 is 0 Å². The summed E-state index contributed by atoms with van der Waals surface area (Å²) in [7, 11) is 0. The Morgan fingerprint density at radius 1 is 1.03 bits per heavy atom. The monoisotopic (exact) mass is 433 g/mol. The zero-order chi connectivity index (χ0) is 22.7. The molecule has 166 valence electrons. The molecule has 0 spiro atoms. The fraction of sp³-hybridized carbons (Fsp3) is 0.320. The lowest BCUT2D eigenvalue weighted by Gasteiger charge is -2.36. The van der Waals surface area contributed by atoms with Crippen molar-refractivity contribution in [2.24, 2.45) is 0 Å². The highest BCUT2D eigenvalue weighted by molar-refractivity contribution is 5.90. The summed E-state index contributed by atoms with van der Waals surface area (Å²) >= 11 is 0. The molecule has 4 rings (SSSR count). The van der Waals surface area contributed by atoms with E-state index >= 15 is 0 Å². The van der Waals surface area contributed by atoms with Gasteiger partial charge in [-0.25, -0.2) is 19.2 Å². The number of rotatable bonds is 4. The van der Waals surface area contributed by atoms with Gasteiger partial charge in [-0.05, 0) is 44.0 Å². The summed E-state index contributed by atoms with van der Waals surface area (Å²) < 4.78 is 13.7. The lowest BCUT2D eigenvalue weighted by Crippen LogP contribution is -2.50. The largest absolute Gasteiger partial charge is 0.353 e. The second-order valence-corrected chi connectivity index (χ2v) is 8.02. The first-order chi connectivity index (χ1) is 15.5. The van der Waals surface area contributed by atoms with Crippen LogP contribution in [0.1, 0.15) is 23.7 Å². The number of halogens is 1. The first kappa shape index (κ1) is 21.7. The van der Waals surface area contributed by atoms with Gasteiger partial charge in [-0.1, -0.05) is 37.3 Å². The molecule has 0 unspecified atom stereocenters. The Morgan fingerprint density at radius 2 is 1.78 bits per heavy atom. The third kappa shape index (κ3) is 4.56. The molecule has 1 N–H and O–H groups in total. The second kappa shape index (κ2) is 9.34. The molecule has 1 aromatic heterocycles. The summed E-state index contributed by atoms with van der Waals surface area (Å²) in [6.45, 7) is 8.58. The average Bonchev–Trinajstić information content (AvgIpc) is 2.80. The number of aromatic nitrogens is 2. The van der Waals surface area contributed by atoms with E-state index in [1.807, 2.05) is 49.1 Å². The van der Waals surface area contributed by atoms with E-state index in [0.29, 0.717) is 37.6 Å². The molecule has 1 aliphatic heterocycles. The van der Waals surface area contributed by atoms with Crippen molar-refractivity contribution >= 4 is 17.5 Å². The zero-order valence-corrected chi connectivity index (χ0v) is 18.7. The highest BCUT2D eigenvalue weighted by Crippen LogP contribution is 2.27. The third-order valence-corrected chi connectivity index (χ3v) is 5.88. The number of carbonyl (C=O) groups is 1. The van der Waals surface area contributed by atoms with Crippen molar-refractivity contribution in [3.63, 3.8) is 0 Å². The quantitative estimate of drug-likeness (QED) is 0.641. The van der Waals surface area contributed by atoms with Gasteiger partial charge in [0, 0.05) is 48.7 Å². The molecule has 2 amide bonds. The Balaban J connectivity index is 1.51. The van der Waals surface area contributed by atoms with Crippen molar-refractivity contribution in [3.05, 3.63) is 71.2 Å². The Morgan fingerprint density at radius 3 is 2.47 bits per heavy atom. The Labute approximate surface area is 188 Å². The van der Waals surface area contributed by atoms with Crippen LogP contribution in [0.2, 0.25) is 0 Å². The predicted molar refractivity (Wildman–Crippen MR) is 126 cm³/mol. The summed E-state index contributed by atoms with van der Waals surface area (Å²) in [5, 5.41) is 3.01. The van der Waals surface area contributed by atoms with Crippen LogP contribution < -0.4 is 10.2 Å². The lowest BCUT2D eigenvalue weighted by atomic mass is 10.1. The number of hydrogen-bond donors (Lipinski definition) is 1. The molecule has 1 fully saturated rings. The molecule has 0 radical (unpaired) electrons. The lowest BCUT2D eigenvalue weighted by molar-refractivity contribution is 0.208. The van der Waals surface area contributed by atoms with E-state index in [-0.39, 0.29) is 11.8 Å². The van der Waals surface area contributed by atoms with Crippen LogP contribution in [-0.4, -0.2) is 47.1 Å². The molecule has 7 heteroatoms. The molecule has 2 aromatic carbocycles. The topological polar surface area (TPSA) is 61.4 Å². The van der Waals surface area contributed by atoms with E-state index in [2.05, 4.69) is 22.1 Å². The van der Waals surface area contributed by atoms with Gasteiger partial charge < -0.3 is 15.1 Å². The van der Waals surface area contributed by atoms with Crippen LogP contribution in [0.4, 0.5) is 20.7 Å². The van der Waals surface area contributed by atoms with Gasteiger partial charge in [-0.3, -0.25) is 0 Å². The SMILES string of the molecule is CCc1c(C)nc(-c2cccc(F)c2)nc1N1CCN(C(=O)Nc2ccccc2C)CC1. The molecular formula is C25H28FN5O. The molecule has 0 bridgehead atoms. The first-order valence-electron chi connectivity index (χ1n) is 11.0. The van der Waals surface area contributed by atoms with E-state index in [9.17, 15) is 9.18 Å². The number of piperazine rings is 1. The standard InChI is InChI=1S/C25H28FN5O/c1-4-21-18(3)27-23(19-9-7-10-20(26)16-19)29-24(21)30-12-14-31(15-13-30)25(32)28-22-11-6-5-8-17(22)2/h5-11,16H,4,12-15H2,1-3H3,(H,28,32). The van der Waals surface area contributed by atoms with Gasteiger partial charge in [-0.2, -0.15) is 0 Å². The summed E-state index contributed by atoms with van der Waals surface area (Å²) in [5.74, 6) is 1.09. The molecule has 0 saturated carbocycles. The molecule has 6 nitrogen and oxygen atoms in total. The minimum absolute atomic E-state index is 0.0889. The van der Waals surface area contributed by atoms with Crippen LogP contribution in [0.25, 0.3) is 11.4 Å². The third-order valence-electron chi connectivity index (χ3n) is 5.88. The van der Waals surface area contributed by atoms with Crippen LogP contribution in [0, 0.1) is 19.7 Å². The summed E-state index contributed by atoms with van der Waals surface area (Å²) in [6, 6.07) is 14.0. The van der Waals surface area contributed by atoms with Gasteiger partial charge in [-0.15, -0.1) is 0 Å². The molecule has 2 heterocycles. The fourth-order valence-corrected chi connectivity index (χ4v) is 4.04. The maximum atomic E-state index is 13.7. The summed E-state index contributed by atoms with van der Waals surface area (Å²) in [5.41, 5.74) is 4.51. The summed E-state index contributed by atoms with van der Waals surface area (Å²) in [6.07, 6.45) is 0.804. The van der Waals surface area contributed by atoms with Gasteiger partial charge in [0.05, 0.1) is 0 Å². The molecule has 0 aliphatic carbocycles. The van der Waals surface area contributed by atoms with E-state index < -0.39 is 0 Å². The highest BCUT2D eigenvalue weighted by atomic mass is 19.1. The number of carbonyl (C=O) groups excluding carboxylic acids is 1. The number of hydrogen-bond acceptors (Lipinski definition) is 4. The highest BCUT2D eigenvalue weighted by Gasteiger charge is 2.25. The van der Waals surface area contributed by atoms with Gasteiger partial charge >= 0.3 is 6.03 Å². The van der Waals surface area contributed by atoms with E-state index in [4.69, 9.17) is 4.98 Å². The molecule has 0 atom stereocenters. The maximum absolute atomic E-state index is 13.7. The van der Waals surface area contributed by atoms with Gasteiger partial charge in [0.25, 0.3) is 0 Å². The van der Waals surface area contributed by atoms with Crippen molar-refractivity contribution in [2.45, 2.75) is 27.2 Å². The molecule has 1 aliphatic rings. The molecular weight excluding hydrogens is 405 g/mol. The van der Waals surface area contributed by atoms with Gasteiger partial charge in [0.15, 0.2) is 5.82 Å². The van der Waals surface area contributed by atoms with Crippen LogP contribution in [0.5, 0.6) is 0 Å². The maximum Gasteiger partial charge on any atom is 0.321 e. The first-order valence-corrected chi connectivity index (χ1v) is 11.0. The summed E-state index contributed by atoms with van der Waals surface area (Å²) in [4.78, 5) is 26.2. The van der Waals surface area contributed by atoms with E-state index in [1.165, 1.54) is 12.1 Å². The predicted octanol–water partition coefficient (Wildman–Crippen LogP) is 4.82. The van der Waals surface area contributed by atoms with Crippen molar-refractivity contribution in [2.75, 3.05) is 36.4 Å². The smallest absolute Gasteiger partial charge is 0.321 e. The van der Waals surface area contributed by atoms with Crippen molar-refractivity contribution < 1.29 is 9.18 Å². The Kier molecular flexibility index (Phi) is 6.35. The Bertz CT molecular complexity index is 1130. The Hall–Kier alpha value is -3.48. The van der Waals surface area contributed by atoms with Crippen LogP contribution in [0.15, 0.2) is 48.5 Å². The van der Waals surface area contributed by atoms with Crippen molar-refractivity contribution in [1.29, 1.82) is 0 Å². The minimum Gasteiger partial charge on any atom is -0.353 e. The molecule has 32 heavy (non-hydrogen) atoms. The normalized spacial score (nSPS) is 13.9. The zero-order valence-electron chi connectivity index (χ0n) is 18.7. The van der Waals surface area contributed by atoms with Gasteiger partial charge in [0.1, 0.15) is 11.6 Å². The number of nitrogens with one attached hydrogen (secondary N) is 1. The second-order valence-electron chi connectivity index (χ2n) is 8.02. The van der Waals surface area contributed by atoms with E-state index in [0.717, 1.165) is 34.7 Å². The van der Waals surface area contributed by atoms with Crippen molar-refractivity contribution in [3.8, 4) is 11.4 Å². The fourth-order valence-electron chi connectivity index (χ4n) is 4.04. The number of aryl methyl sites for hydroxylation is 2. The van der Waals surface area contributed by atoms with Crippen LogP contribution in [-0.2, 0) is 6.42 Å². The number of amides is 2. The average molecular weight is 434 g/mol. The number of nitrogens with zero attached hydrogens (tertiary/aromatic N) is 4. The van der Waals surface area contributed by atoms with Crippen molar-refractivity contribution in [1.82, 2.24) is 14.9 Å². The molecule has 1 saturated heterocycles. The number of anilines is 2. The van der Waals surface area contributed by atoms with Crippen LogP contribution in [0.3, 0.4) is 0 Å². The molecule has 3 aromatic rings. The number of urea groups is 1. The van der Waals surface area contributed by atoms with E-state index in [1.54, 1.807) is 6.07 Å².